The molecule has 0 spiro atoms. The third-order valence-corrected chi connectivity index (χ3v) is 7.06. The van der Waals surface area contributed by atoms with Crippen molar-refractivity contribution in [3.05, 3.63) is 0 Å². The van der Waals surface area contributed by atoms with Crippen LogP contribution < -0.4 is 0 Å². The molecule has 0 aromatic carbocycles. The van der Waals surface area contributed by atoms with Gasteiger partial charge in [-0.15, -0.1) is 0 Å². The molecule has 68 valence electrons. The molecule has 0 aliphatic heterocycles. The molecule has 0 N–H and O–H groups in total. The largest absolute Gasteiger partial charge is 0.0884 e. The predicted octanol–water partition coefficient (Wildman–Crippen LogP) is 3.58. The Balaban J connectivity index is 1.93. The van der Waals surface area contributed by atoms with E-state index < -0.39 is 0 Å². The van der Waals surface area contributed by atoms with Crippen LogP contribution in [0.4, 0.5) is 0 Å². The van der Waals surface area contributed by atoms with Crippen molar-refractivity contribution in [3.63, 3.8) is 0 Å². The van der Waals surface area contributed by atoms with Gasteiger partial charge in [-0.25, -0.2) is 0 Å². The monoisotopic (exact) mass is 292 g/mol. The number of hydrogen-bond acceptors (Lipinski definition) is 0. The summed E-state index contributed by atoms with van der Waals surface area (Å²) >= 11 is 7.78. The first-order valence-corrected chi connectivity index (χ1v) is 6.87. The average molecular weight is 294 g/mol. The van der Waals surface area contributed by atoms with Gasteiger partial charge >= 0.3 is 0 Å². The summed E-state index contributed by atoms with van der Waals surface area (Å²) in [6.07, 6.45) is 6.00. The molecule has 0 aromatic heterocycles. The van der Waals surface area contributed by atoms with Crippen LogP contribution in [0, 0.1) is 23.7 Å². The molecule has 4 saturated carbocycles. The molecule has 0 amide bonds. The lowest BCUT2D eigenvalue weighted by Gasteiger charge is -2.55. The molecular formula is C10H14Br2. The summed E-state index contributed by atoms with van der Waals surface area (Å²) in [6, 6.07) is 0. The minimum Gasteiger partial charge on any atom is -0.0884 e. The quantitative estimate of drug-likeness (QED) is 0.599. The fraction of sp³-hybridized carbons (Fsp3) is 1.00. The van der Waals surface area contributed by atoms with E-state index in [-0.39, 0.29) is 0 Å². The molecule has 0 radical (unpaired) electrons. The number of hydrogen-bond donors (Lipinski definition) is 0. The molecule has 12 heavy (non-hydrogen) atoms. The van der Waals surface area contributed by atoms with Gasteiger partial charge in [-0.1, -0.05) is 31.9 Å². The predicted molar refractivity (Wildman–Crippen MR) is 57.9 cm³/mol. The van der Waals surface area contributed by atoms with E-state index in [0.29, 0.717) is 0 Å². The zero-order valence-electron chi connectivity index (χ0n) is 7.05. The Morgan fingerprint density at radius 2 is 1.33 bits per heavy atom. The summed E-state index contributed by atoms with van der Waals surface area (Å²) in [5, 5.41) is 0. The molecule has 2 heteroatoms. The molecule has 0 saturated heterocycles. The Morgan fingerprint density at radius 1 is 0.750 bits per heavy atom. The summed E-state index contributed by atoms with van der Waals surface area (Å²) in [5.41, 5.74) is 0. The van der Waals surface area contributed by atoms with Gasteiger partial charge in [-0.3, -0.25) is 0 Å². The first-order valence-electron chi connectivity index (χ1n) is 5.04. The molecule has 4 aliphatic rings. The van der Waals surface area contributed by atoms with Crippen LogP contribution in [0.2, 0.25) is 0 Å². The second kappa shape index (κ2) is 2.73. The average Bonchev–Trinajstić information content (AvgIpc) is 2.07. The lowest BCUT2D eigenvalue weighted by molar-refractivity contribution is 0.0379. The zero-order chi connectivity index (χ0) is 8.29. The highest BCUT2D eigenvalue weighted by Gasteiger charge is 2.51. The van der Waals surface area contributed by atoms with E-state index in [1.807, 2.05) is 0 Å². The first-order chi connectivity index (χ1) is 5.75. The van der Waals surface area contributed by atoms with Crippen LogP contribution in [-0.4, -0.2) is 9.65 Å². The van der Waals surface area contributed by atoms with Crippen molar-refractivity contribution in [1.82, 2.24) is 0 Å². The molecule has 4 fully saturated rings. The summed E-state index contributed by atoms with van der Waals surface area (Å²) in [6.45, 7) is 0. The Labute approximate surface area is 90.7 Å². The maximum absolute atomic E-state index is 3.89. The number of halogens is 2. The molecule has 2 unspecified atom stereocenters. The van der Waals surface area contributed by atoms with Gasteiger partial charge in [0.1, 0.15) is 0 Å². The maximum atomic E-state index is 3.89. The van der Waals surface area contributed by atoms with Crippen LogP contribution in [0.3, 0.4) is 0 Å². The third-order valence-electron chi connectivity index (χ3n) is 4.20. The minimum absolute atomic E-state index is 0.828. The van der Waals surface area contributed by atoms with Crippen molar-refractivity contribution >= 4 is 31.9 Å². The standard InChI is InChI=1S/C10H14Br2/c11-9-6-1-5-2-7(4-6)10(12)8(9)3-5/h5-10H,1-4H2/t5?,6?,7?,8?,9-,10-/m0/s1. The SMILES string of the molecule is Br[C@H]1C2CC3CC(C2)[C@H](Br)C1C3. The van der Waals surface area contributed by atoms with Gasteiger partial charge in [0.05, 0.1) is 0 Å². The molecule has 4 rings (SSSR count). The Morgan fingerprint density at radius 3 is 1.92 bits per heavy atom. The van der Waals surface area contributed by atoms with Crippen LogP contribution in [0.1, 0.15) is 25.7 Å². The van der Waals surface area contributed by atoms with Crippen LogP contribution in [0.25, 0.3) is 0 Å². The highest BCUT2D eigenvalue weighted by atomic mass is 79.9. The molecule has 0 heterocycles. The number of rotatable bonds is 0. The van der Waals surface area contributed by atoms with E-state index in [1.165, 1.54) is 25.7 Å². The van der Waals surface area contributed by atoms with Crippen molar-refractivity contribution in [2.75, 3.05) is 0 Å². The molecule has 4 bridgehead atoms. The zero-order valence-corrected chi connectivity index (χ0v) is 10.2. The smallest absolute Gasteiger partial charge is 0.0213 e. The van der Waals surface area contributed by atoms with Crippen molar-refractivity contribution in [1.29, 1.82) is 0 Å². The highest BCUT2D eigenvalue weighted by molar-refractivity contribution is 9.10. The third kappa shape index (κ3) is 1.00. The summed E-state index contributed by atoms with van der Waals surface area (Å²) in [4.78, 5) is 1.66. The Kier molecular flexibility index (Phi) is 1.88. The normalized spacial score (nSPS) is 62.5. The lowest BCUT2D eigenvalue weighted by Crippen LogP contribution is -2.51. The first kappa shape index (κ1) is 8.28. The minimum atomic E-state index is 0.828. The second-order valence-electron chi connectivity index (χ2n) is 4.88. The van der Waals surface area contributed by atoms with E-state index in [1.54, 1.807) is 0 Å². The topological polar surface area (TPSA) is 0 Å². The van der Waals surface area contributed by atoms with Crippen LogP contribution in [0.5, 0.6) is 0 Å². The van der Waals surface area contributed by atoms with Crippen molar-refractivity contribution in [2.45, 2.75) is 35.3 Å². The van der Waals surface area contributed by atoms with Crippen molar-refractivity contribution < 1.29 is 0 Å². The van der Waals surface area contributed by atoms with E-state index in [9.17, 15) is 0 Å². The molecule has 0 nitrogen and oxygen atoms in total. The fourth-order valence-electron chi connectivity index (χ4n) is 3.77. The van der Waals surface area contributed by atoms with Gasteiger partial charge < -0.3 is 0 Å². The van der Waals surface area contributed by atoms with Gasteiger partial charge in [-0.05, 0) is 49.4 Å². The van der Waals surface area contributed by atoms with E-state index in [0.717, 1.165) is 33.3 Å². The fourth-order valence-corrected chi connectivity index (χ4v) is 6.13. The molecule has 0 aromatic rings. The van der Waals surface area contributed by atoms with Crippen molar-refractivity contribution in [2.24, 2.45) is 23.7 Å². The number of alkyl halides is 2. The molecule has 4 atom stereocenters. The Hall–Kier alpha value is 0.960. The van der Waals surface area contributed by atoms with Crippen LogP contribution in [-0.2, 0) is 0 Å². The van der Waals surface area contributed by atoms with Gasteiger partial charge in [0, 0.05) is 9.65 Å². The maximum Gasteiger partial charge on any atom is 0.0213 e. The van der Waals surface area contributed by atoms with Crippen LogP contribution >= 0.6 is 31.9 Å². The van der Waals surface area contributed by atoms with E-state index in [2.05, 4.69) is 31.9 Å². The summed E-state index contributed by atoms with van der Waals surface area (Å²) in [5.74, 6) is 4.06. The summed E-state index contributed by atoms with van der Waals surface area (Å²) in [7, 11) is 0. The van der Waals surface area contributed by atoms with Gasteiger partial charge in [-0.2, -0.15) is 0 Å². The molecular weight excluding hydrogens is 280 g/mol. The van der Waals surface area contributed by atoms with Crippen molar-refractivity contribution in [3.8, 4) is 0 Å². The van der Waals surface area contributed by atoms with Crippen LogP contribution in [0.15, 0.2) is 0 Å². The molecule has 4 aliphatic carbocycles. The highest BCUT2D eigenvalue weighted by Crippen LogP contribution is 2.57. The van der Waals surface area contributed by atoms with Gasteiger partial charge in [0.15, 0.2) is 0 Å². The van der Waals surface area contributed by atoms with Gasteiger partial charge in [0.2, 0.25) is 0 Å². The lowest BCUT2D eigenvalue weighted by atomic mass is 9.56. The Bertz CT molecular complexity index is 186. The van der Waals surface area contributed by atoms with E-state index in [4.69, 9.17) is 0 Å². The second-order valence-corrected chi connectivity index (χ2v) is 7.00. The van der Waals surface area contributed by atoms with Gasteiger partial charge in [0.25, 0.3) is 0 Å². The summed E-state index contributed by atoms with van der Waals surface area (Å²) < 4.78 is 0. The van der Waals surface area contributed by atoms with E-state index >= 15 is 0 Å².